The number of carbonyl (C=O) groups is 1. The van der Waals surface area contributed by atoms with E-state index in [1.165, 1.54) is 0 Å². The Morgan fingerprint density at radius 3 is 3.06 bits per heavy atom. The molecule has 2 N–H and O–H groups in total. The molecule has 5 nitrogen and oxygen atoms in total. The van der Waals surface area contributed by atoms with Gasteiger partial charge in [-0.05, 0) is 32.4 Å². The lowest BCUT2D eigenvalue weighted by Gasteiger charge is -2.30. The number of amides is 1. The molecule has 1 aromatic rings. The first kappa shape index (κ1) is 13.2. The largest absolute Gasteiger partial charge is 0.369 e. The summed E-state index contributed by atoms with van der Waals surface area (Å²) in [5.41, 5.74) is 6.21. The number of nitrogens with two attached hydrogens (primary N) is 1. The molecule has 1 saturated heterocycles. The van der Waals surface area contributed by atoms with E-state index in [1.807, 2.05) is 6.92 Å². The van der Waals surface area contributed by atoms with Gasteiger partial charge in [0.05, 0.1) is 12.5 Å². The Morgan fingerprint density at radius 1 is 1.61 bits per heavy atom. The Labute approximate surface area is 111 Å². The zero-order chi connectivity index (χ0) is 13.1. The zero-order valence-electron chi connectivity index (χ0n) is 10.4. The third-order valence-corrected chi connectivity index (χ3v) is 3.34. The number of piperidine rings is 1. The molecule has 98 valence electrons. The van der Waals surface area contributed by atoms with Crippen LogP contribution in [0.1, 0.15) is 24.4 Å². The van der Waals surface area contributed by atoms with Crippen LogP contribution in [0, 0.1) is 12.8 Å². The molecule has 1 aromatic heterocycles. The Kier molecular flexibility index (Phi) is 4.14. The van der Waals surface area contributed by atoms with Gasteiger partial charge in [-0.2, -0.15) is 0 Å². The maximum Gasteiger partial charge on any atom is 0.221 e. The molecular formula is C12H17ClN4O. The van der Waals surface area contributed by atoms with Gasteiger partial charge in [0.15, 0.2) is 0 Å². The summed E-state index contributed by atoms with van der Waals surface area (Å²) in [6.45, 7) is 4.13. The van der Waals surface area contributed by atoms with Crippen LogP contribution in [0.15, 0.2) is 6.07 Å². The predicted molar refractivity (Wildman–Crippen MR) is 69.0 cm³/mol. The van der Waals surface area contributed by atoms with Gasteiger partial charge >= 0.3 is 0 Å². The predicted octanol–water partition coefficient (Wildman–Crippen LogP) is 1.14. The highest BCUT2D eigenvalue weighted by Crippen LogP contribution is 2.18. The monoisotopic (exact) mass is 268 g/mol. The molecule has 6 heteroatoms. The molecule has 18 heavy (non-hydrogen) atoms. The number of primary amides is 1. The van der Waals surface area contributed by atoms with E-state index >= 15 is 0 Å². The van der Waals surface area contributed by atoms with E-state index in [0.29, 0.717) is 24.1 Å². The first-order valence-corrected chi connectivity index (χ1v) is 6.44. The van der Waals surface area contributed by atoms with Crippen molar-refractivity contribution in [2.24, 2.45) is 11.7 Å². The van der Waals surface area contributed by atoms with Crippen molar-refractivity contribution >= 4 is 17.5 Å². The minimum absolute atomic E-state index is 0.0565. The molecule has 1 fully saturated rings. The molecular weight excluding hydrogens is 252 g/mol. The van der Waals surface area contributed by atoms with Crippen molar-refractivity contribution < 1.29 is 4.79 Å². The summed E-state index contributed by atoms with van der Waals surface area (Å²) < 4.78 is 0. The Bertz CT molecular complexity index is 431. The molecule has 2 rings (SSSR count). The number of aryl methyl sites for hydroxylation is 1. The summed E-state index contributed by atoms with van der Waals surface area (Å²) in [6, 6.07) is 1.73. The topological polar surface area (TPSA) is 72.1 Å². The summed E-state index contributed by atoms with van der Waals surface area (Å²) in [4.78, 5) is 21.9. The third-order valence-electron chi connectivity index (χ3n) is 3.14. The highest BCUT2D eigenvalue weighted by atomic mass is 35.5. The lowest BCUT2D eigenvalue weighted by molar-refractivity contribution is -0.123. The van der Waals surface area contributed by atoms with Crippen LogP contribution in [0.5, 0.6) is 0 Å². The second-order valence-electron chi connectivity index (χ2n) is 4.72. The van der Waals surface area contributed by atoms with Gasteiger partial charge in [-0.3, -0.25) is 9.69 Å². The minimum Gasteiger partial charge on any atom is -0.369 e. The fourth-order valence-corrected chi connectivity index (χ4v) is 2.55. The van der Waals surface area contributed by atoms with Crippen molar-refractivity contribution in [2.75, 3.05) is 13.1 Å². The first-order valence-electron chi connectivity index (χ1n) is 6.06. The normalized spacial score (nSPS) is 20.9. The number of nitrogens with zero attached hydrogens (tertiary/aromatic N) is 3. The van der Waals surface area contributed by atoms with Gasteiger partial charge in [0.25, 0.3) is 0 Å². The van der Waals surface area contributed by atoms with Gasteiger partial charge in [0, 0.05) is 12.2 Å². The van der Waals surface area contributed by atoms with Gasteiger partial charge in [0.2, 0.25) is 5.91 Å². The van der Waals surface area contributed by atoms with Crippen LogP contribution >= 0.6 is 11.6 Å². The van der Waals surface area contributed by atoms with Gasteiger partial charge in [-0.1, -0.05) is 11.6 Å². The van der Waals surface area contributed by atoms with E-state index in [-0.39, 0.29) is 11.8 Å². The smallest absolute Gasteiger partial charge is 0.221 e. The van der Waals surface area contributed by atoms with Crippen molar-refractivity contribution in [1.82, 2.24) is 14.9 Å². The first-order chi connectivity index (χ1) is 8.54. The van der Waals surface area contributed by atoms with Crippen LogP contribution in [0.4, 0.5) is 0 Å². The fourth-order valence-electron chi connectivity index (χ4n) is 2.29. The van der Waals surface area contributed by atoms with Crippen molar-refractivity contribution in [3.05, 3.63) is 22.7 Å². The molecule has 1 aliphatic heterocycles. The summed E-state index contributed by atoms with van der Waals surface area (Å²) in [5.74, 6) is 0.423. The quantitative estimate of drug-likeness (QED) is 0.835. The molecule has 0 spiro atoms. The van der Waals surface area contributed by atoms with Crippen LogP contribution in [-0.2, 0) is 11.3 Å². The highest BCUT2D eigenvalue weighted by molar-refractivity contribution is 6.29. The number of hydrogen-bond acceptors (Lipinski definition) is 4. The van der Waals surface area contributed by atoms with E-state index in [9.17, 15) is 4.79 Å². The Morgan fingerprint density at radius 2 is 2.39 bits per heavy atom. The molecule has 0 aliphatic carbocycles. The van der Waals surface area contributed by atoms with Gasteiger partial charge in [0.1, 0.15) is 11.0 Å². The average molecular weight is 269 g/mol. The average Bonchev–Trinajstić information content (AvgIpc) is 2.27. The summed E-state index contributed by atoms with van der Waals surface area (Å²) in [6.07, 6.45) is 1.86. The number of hydrogen-bond donors (Lipinski definition) is 1. The van der Waals surface area contributed by atoms with Crippen molar-refractivity contribution in [1.29, 1.82) is 0 Å². The molecule has 0 bridgehead atoms. The maximum absolute atomic E-state index is 11.2. The van der Waals surface area contributed by atoms with Crippen molar-refractivity contribution in [2.45, 2.75) is 26.3 Å². The van der Waals surface area contributed by atoms with E-state index in [2.05, 4.69) is 14.9 Å². The van der Waals surface area contributed by atoms with Crippen molar-refractivity contribution in [3.63, 3.8) is 0 Å². The Hall–Kier alpha value is -1.20. The van der Waals surface area contributed by atoms with Crippen LogP contribution in [0.3, 0.4) is 0 Å². The van der Waals surface area contributed by atoms with Crippen LogP contribution < -0.4 is 5.73 Å². The molecule has 2 heterocycles. The van der Waals surface area contributed by atoms with Crippen LogP contribution in [0.2, 0.25) is 5.15 Å². The SMILES string of the molecule is Cc1cc(Cl)nc(CN2CCCC(C(N)=O)C2)n1. The van der Waals surface area contributed by atoms with E-state index in [1.54, 1.807) is 6.07 Å². The summed E-state index contributed by atoms with van der Waals surface area (Å²) >= 11 is 5.90. The number of rotatable bonds is 3. The molecule has 0 saturated carbocycles. The van der Waals surface area contributed by atoms with E-state index in [0.717, 1.165) is 25.1 Å². The number of likely N-dealkylation sites (tertiary alicyclic amines) is 1. The lowest BCUT2D eigenvalue weighted by Crippen LogP contribution is -2.40. The minimum atomic E-state index is -0.220. The van der Waals surface area contributed by atoms with Crippen LogP contribution in [-0.4, -0.2) is 33.9 Å². The number of aromatic nitrogens is 2. The fraction of sp³-hybridized carbons (Fsp3) is 0.583. The molecule has 1 amide bonds. The summed E-state index contributed by atoms with van der Waals surface area (Å²) in [5, 5.41) is 0.459. The zero-order valence-corrected chi connectivity index (χ0v) is 11.2. The number of halogens is 1. The molecule has 1 unspecified atom stereocenters. The van der Waals surface area contributed by atoms with Crippen LogP contribution in [0.25, 0.3) is 0 Å². The molecule has 1 aliphatic rings. The van der Waals surface area contributed by atoms with Gasteiger partial charge < -0.3 is 5.73 Å². The second kappa shape index (κ2) is 5.63. The standard InChI is InChI=1S/C12H17ClN4O/c1-8-5-10(13)16-11(15-8)7-17-4-2-3-9(6-17)12(14)18/h5,9H,2-4,6-7H2,1H3,(H2,14,18). The van der Waals surface area contributed by atoms with E-state index in [4.69, 9.17) is 17.3 Å². The van der Waals surface area contributed by atoms with Gasteiger partial charge in [-0.25, -0.2) is 9.97 Å². The second-order valence-corrected chi connectivity index (χ2v) is 5.11. The third kappa shape index (κ3) is 3.40. The molecule has 0 radical (unpaired) electrons. The van der Waals surface area contributed by atoms with Gasteiger partial charge in [-0.15, -0.1) is 0 Å². The highest BCUT2D eigenvalue weighted by Gasteiger charge is 2.24. The Balaban J connectivity index is 2.02. The number of carbonyl (C=O) groups excluding carboxylic acids is 1. The van der Waals surface area contributed by atoms with E-state index < -0.39 is 0 Å². The molecule has 1 atom stereocenters. The lowest BCUT2D eigenvalue weighted by atomic mass is 9.97. The summed E-state index contributed by atoms with van der Waals surface area (Å²) in [7, 11) is 0. The maximum atomic E-state index is 11.2. The van der Waals surface area contributed by atoms with Crippen molar-refractivity contribution in [3.8, 4) is 0 Å². The molecule has 0 aromatic carbocycles.